The van der Waals surface area contributed by atoms with Gasteiger partial charge in [-0.25, -0.2) is 4.98 Å². The topological polar surface area (TPSA) is 68.5 Å². The van der Waals surface area contributed by atoms with E-state index in [1.807, 2.05) is 43.5 Å². The molecule has 0 aliphatic heterocycles. The lowest BCUT2D eigenvalue weighted by atomic mass is 9.93. The second-order valence-corrected chi connectivity index (χ2v) is 7.80. The molecule has 26 heavy (non-hydrogen) atoms. The summed E-state index contributed by atoms with van der Waals surface area (Å²) >= 11 is 1.47. The van der Waals surface area contributed by atoms with Crippen LogP contribution in [0.1, 0.15) is 37.7 Å². The van der Waals surface area contributed by atoms with E-state index in [4.69, 9.17) is 10.5 Å². The molecular weight excluding hydrogens is 370 g/mol. The average molecular weight is 398 g/mol. The summed E-state index contributed by atoms with van der Waals surface area (Å²) < 4.78 is 5.59. The van der Waals surface area contributed by atoms with Crippen LogP contribution in [0.2, 0.25) is 0 Å². The minimum Gasteiger partial charge on any atom is -0.494 e. The highest BCUT2D eigenvalue weighted by Gasteiger charge is 2.23. The molecule has 2 rings (SSSR count). The number of carbonyl (C=O) groups is 1. The molecule has 0 fully saturated rings. The van der Waals surface area contributed by atoms with Gasteiger partial charge in [0, 0.05) is 24.5 Å². The van der Waals surface area contributed by atoms with Crippen LogP contribution in [0.3, 0.4) is 0 Å². The predicted molar refractivity (Wildman–Crippen MR) is 110 cm³/mol. The van der Waals surface area contributed by atoms with Crippen molar-refractivity contribution >= 4 is 29.7 Å². The normalized spacial score (nSPS) is 11.0. The molecule has 0 saturated heterocycles. The zero-order chi connectivity index (χ0) is 18.4. The Balaban J connectivity index is 0.00000338. The van der Waals surface area contributed by atoms with Crippen LogP contribution in [0, 0.1) is 5.41 Å². The molecule has 7 heteroatoms. The largest absolute Gasteiger partial charge is 0.494 e. The van der Waals surface area contributed by atoms with Crippen LogP contribution in [0.15, 0.2) is 29.6 Å². The Labute approximate surface area is 166 Å². The Kier molecular flexibility index (Phi) is 8.53. The number of hydrogen-bond donors (Lipinski definition) is 1. The highest BCUT2D eigenvalue weighted by Crippen LogP contribution is 2.26. The fourth-order valence-electron chi connectivity index (χ4n) is 2.39. The molecule has 5 nitrogen and oxygen atoms in total. The monoisotopic (exact) mass is 397 g/mol. The minimum absolute atomic E-state index is 0. The van der Waals surface area contributed by atoms with Crippen molar-refractivity contribution < 1.29 is 9.53 Å². The van der Waals surface area contributed by atoms with Crippen LogP contribution in [-0.4, -0.2) is 42.5 Å². The van der Waals surface area contributed by atoms with Crippen molar-refractivity contribution in [2.45, 2.75) is 27.2 Å². The van der Waals surface area contributed by atoms with E-state index >= 15 is 0 Å². The number of carbonyl (C=O) groups excluding carboxylic acids is 1. The highest BCUT2D eigenvalue weighted by molar-refractivity contribution is 7.13. The molecule has 2 aromatic rings. The van der Waals surface area contributed by atoms with Gasteiger partial charge in [0.05, 0.1) is 6.61 Å². The molecule has 0 radical (unpaired) electrons. The zero-order valence-corrected chi connectivity index (χ0v) is 17.5. The summed E-state index contributed by atoms with van der Waals surface area (Å²) in [6.07, 6.45) is 0.980. The Morgan fingerprint density at radius 3 is 2.54 bits per heavy atom. The van der Waals surface area contributed by atoms with Gasteiger partial charge >= 0.3 is 0 Å². The summed E-state index contributed by atoms with van der Waals surface area (Å²) in [6, 6.07) is 7.81. The number of ether oxygens (including phenoxy) is 1. The standard InChI is InChI=1S/C19H27N3O2S.ClH/c1-5-10-24-15-8-6-14(7-9-15)17-21-16(11-25-17)18(23)22(4)13-19(2,3)12-20;/h6-9,11H,5,10,12-13,20H2,1-4H3;1H. The van der Waals surface area contributed by atoms with E-state index in [9.17, 15) is 4.79 Å². The number of hydrogen-bond acceptors (Lipinski definition) is 5. The predicted octanol–water partition coefficient (Wildman–Crippen LogP) is 4.08. The van der Waals surface area contributed by atoms with Gasteiger partial charge in [-0.15, -0.1) is 23.7 Å². The first-order valence-electron chi connectivity index (χ1n) is 8.50. The Hall–Kier alpha value is -1.63. The summed E-state index contributed by atoms with van der Waals surface area (Å²) in [5.41, 5.74) is 7.10. The van der Waals surface area contributed by atoms with Gasteiger partial charge in [-0.2, -0.15) is 0 Å². The molecule has 2 N–H and O–H groups in total. The number of rotatable bonds is 8. The summed E-state index contributed by atoms with van der Waals surface area (Å²) in [5.74, 6) is 0.772. The summed E-state index contributed by atoms with van der Waals surface area (Å²) in [5, 5.41) is 2.64. The van der Waals surface area contributed by atoms with Crippen molar-refractivity contribution in [2.75, 3.05) is 26.7 Å². The number of thiazole rings is 1. The molecule has 1 heterocycles. The van der Waals surface area contributed by atoms with Crippen LogP contribution < -0.4 is 10.5 Å². The van der Waals surface area contributed by atoms with Crippen molar-refractivity contribution in [3.05, 3.63) is 35.3 Å². The summed E-state index contributed by atoms with van der Waals surface area (Å²) in [6.45, 7) is 8.00. The van der Waals surface area contributed by atoms with Crippen LogP contribution in [-0.2, 0) is 0 Å². The lowest BCUT2D eigenvalue weighted by Crippen LogP contribution is -2.39. The number of halogens is 1. The van der Waals surface area contributed by atoms with Crippen molar-refractivity contribution in [3.8, 4) is 16.3 Å². The first-order valence-corrected chi connectivity index (χ1v) is 9.38. The van der Waals surface area contributed by atoms with E-state index in [1.54, 1.807) is 11.9 Å². The number of aromatic nitrogens is 1. The number of amides is 1. The van der Waals surface area contributed by atoms with Crippen LogP contribution in [0.4, 0.5) is 0 Å². The summed E-state index contributed by atoms with van der Waals surface area (Å²) in [7, 11) is 1.79. The third-order valence-electron chi connectivity index (χ3n) is 3.86. The fourth-order valence-corrected chi connectivity index (χ4v) is 3.19. The number of nitrogens with zero attached hydrogens (tertiary/aromatic N) is 2. The molecule has 144 valence electrons. The Morgan fingerprint density at radius 1 is 1.31 bits per heavy atom. The van der Waals surface area contributed by atoms with E-state index in [0.29, 0.717) is 25.4 Å². The van der Waals surface area contributed by atoms with E-state index in [0.717, 1.165) is 22.7 Å². The van der Waals surface area contributed by atoms with Crippen LogP contribution in [0.25, 0.3) is 10.6 Å². The molecule has 1 aromatic heterocycles. The van der Waals surface area contributed by atoms with Gasteiger partial charge in [0.2, 0.25) is 0 Å². The van der Waals surface area contributed by atoms with E-state index < -0.39 is 0 Å². The van der Waals surface area contributed by atoms with E-state index in [2.05, 4.69) is 11.9 Å². The van der Waals surface area contributed by atoms with Gasteiger partial charge in [-0.3, -0.25) is 4.79 Å². The molecule has 1 aromatic carbocycles. The molecule has 0 aliphatic carbocycles. The fraction of sp³-hybridized carbons (Fsp3) is 0.474. The van der Waals surface area contributed by atoms with Crippen LogP contribution in [0.5, 0.6) is 5.75 Å². The highest BCUT2D eigenvalue weighted by atomic mass is 35.5. The minimum atomic E-state index is -0.114. The maximum Gasteiger partial charge on any atom is 0.273 e. The smallest absolute Gasteiger partial charge is 0.273 e. The van der Waals surface area contributed by atoms with Crippen molar-refractivity contribution in [1.29, 1.82) is 0 Å². The lowest BCUT2D eigenvalue weighted by Gasteiger charge is -2.28. The second-order valence-electron chi connectivity index (χ2n) is 6.94. The van der Waals surface area contributed by atoms with Crippen molar-refractivity contribution in [1.82, 2.24) is 9.88 Å². The first-order chi connectivity index (χ1) is 11.9. The van der Waals surface area contributed by atoms with Crippen molar-refractivity contribution in [2.24, 2.45) is 11.1 Å². The van der Waals surface area contributed by atoms with Gasteiger partial charge in [-0.1, -0.05) is 20.8 Å². The summed E-state index contributed by atoms with van der Waals surface area (Å²) in [4.78, 5) is 18.8. The molecule has 0 saturated carbocycles. The molecule has 0 unspecified atom stereocenters. The van der Waals surface area contributed by atoms with Gasteiger partial charge in [0.25, 0.3) is 5.91 Å². The SMILES string of the molecule is CCCOc1ccc(-c2nc(C(=O)N(C)CC(C)(C)CN)cs2)cc1.Cl. The maximum absolute atomic E-state index is 12.6. The zero-order valence-electron chi connectivity index (χ0n) is 15.8. The molecule has 0 atom stereocenters. The second kappa shape index (κ2) is 9.90. The molecule has 0 bridgehead atoms. The van der Waals surface area contributed by atoms with E-state index in [1.165, 1.54) is 11.3 Å². The van der Waals surface area contributed by atoms with Gasteiger partial charge in [-0.05, 0) is 42.6 Å². The van der Waals surface area contributed by atoms with E-state index in [-0.39, 0.29) is 23.7 Å². The average Bonchev–Trinajstić information content (AvgIpc) is 3.09. The Morgan fingerprint density at radius 2 is 1.96 bits per heavy atom. The van der Waals surface area contributed by atoms with Crippen LogP contribution >= 0.6 is 23.7 Å². The molecular formula is C19H28ClN3O2S. The molecule has 0 aliphatic rings. The third kappa shape index (κ3) is 5.97. The van der Waals surface area contributed by atoms with Gasteiger partial charge < -0.3 is 15.4 Å². The molecule has 0 spiro atoms. The van der Waals surface area contributed by atoms with Gasteiger partial charge in [0.1, 0.15) is 16.5 Å². The van der Waals surface area contributed by atoms with Gasteiger partial charge in [0.15, 0.2) is 0 Å². The Bertz CT molecular complexity index is 701. The number of nitrogens with two attached hydrogens (primary N) is 1. The molecule has 1 amide bonds. The van der Waals surface area contributed by atoms with Crippen molar-refractivity contribution in [3.63, 3.8) is 0 Å². The number of benzene rings is 1. The lowest BCUT2D eigenvalue weighted by molar-refractivity contribution is 0.0735. The first kappa shape index (κ1) is 22.4. The quantitative estimate of drug-likeness (QED) is 0.728. The third-order valence-corrected chi connectivity index (χ3v) is 4.75. The maximum atomic E-state index is 12.6.